The highest BCUT2D eigenvalue weighted by molar-refractivity contribution is 8.00. The van der Waals surface area contributed by atoms with Crippen molar-refractivity contribution in [1.29, 1.82) is 0 Å². The third-order valence-electron chi connectivity index (χ3n) is 4.76. The lowest BCUT2D eigenvalue weighted by Crippen LogP contribution is -2.24. The van der Waals surface area contributed by atoms with E-state index in [1.54, 1.807) is 36.0 Å². The molecule has 1 aromatic carbocycles. The van der Waals surface area contributed by atoms with Crippen LogP contribution in [0.25, 0.3) is 0 Å². The monoisotopic (exact) mass is 375 g/mol. The van der Waals surface area contributed by atoms with Gasteiger partial charge >= 0.3 is 0 Å². The quantitative estimate of drug-likeness (QED) is 0.801. The summed E-state index contributed by atoms with van der Waals surface area (Å²) in [6, 6.07) is 6.90. The van der Waals surface area contributed by atoms with Crippen LogP contribution in [0.15, 0.2) is 34.1 Å². The average molecular weight is 376 g/mol. The predicted octanol–water partition coefficient (Wildman–Crippen LogP) is 3.74. The normalized spacial score (nSPS) is 21.5. The molecule has 0 unspecified atom stereocenters. The molecule has 0 saturated heterocycles. The molecule has 1 aliphatic carbocycles. The second-order valence-electron chi connectivity index (χ2n) is 6.51. The van der Waals surface area contributed by atoms with E-state index in [0.29, 0.717) is 27.7 Å². The number of carbonyl (C=O) groups excluding carboxylic acids is 1. The summed E-state index contributed by atoms with van der Waals surface area (Å²) in [7, 11) is 0. The second kappa shape index (κ2) is 6.84. The number of amides is 1. The number of H-pyrrole nitrogens is 1. The highest BCUT2D eigenvalue weighted by Gasteiger charge is 2.38. The molecule has 1 saturated carbocycles. The first-order chi connectivity index (χ1) is 12.1. The van der Waals surface area contributed by atoms with Gasteiger partial charge in [0.05, 0.1) is 12.0 Å². The van der Waals surface area contributed by atoms with Gasteiger partial charge in [-0.15, -0.1) is 11.8 Å². The van der Waals surface area contributed by atoms with Crippen LogP contribution in [0.3, 0.4) is 0 Å². The number of aromatic amines is 1. The Kier molecular flexibility index (Phi) is 4.56. The number of halogens is 1. The van der Waals surface area contributed by atoms with E-state index in [-0.39, 0.29) is 17.9 Å². The first-order valence-corrected chi connectivity index (χ1v) is 9.71. The first kappa shape index (κ1) is 16.7. The summed E-state index contributed by atoms with van der Waals surface area (Å²) in [5.74, 6) is 0.522. The molecule has 0 radical (unpaired) electrons. The van der Waals surface area contributed by atoms with E-state index < -0.39 is 0 Å². The van der Waals surface area contributed by atoms with Gasteiger partial charge in [0, 0.05) is 21.9 Å². The number of anilines is 1. The molecule has 2 heterocycles. The van der Waals surface area contributed by atoms with E-state index in [2.05, 4.69) is 15.3 Å². The van der Waals surface area contributed by atoms with Crippen molar-refractivity contribution in [3.8, 4) is 0 Å². The molecule has 1 aromatic heterocycles. The first-order valence-electron chi connectivity index (χ1n) is 8.45. The summed E-state index contributed by atoms with van der Waals surface area (Å²) in [6.45, 7) is 0. The molecule has 130 valence electrons. The lowest BCUT2D eigenvalue weighted by atomic mass is 9.85. The number of hydrogen-bond acceptors (Lipinski definition) is 4. The Morgan fingerprint density at radius 1 is 1.28 bits per heavy atom. The van der Waals surface area contributed by atoms with E-state index in [9.17, 15) is 9.59 Å². The minimum atomic E-state index is -0.217. The van der Waals surface area contributed by atoms with Crippen LogP contribution in [0.5, 0.6) is 0 Å². The Morgan fingerprint density at radius 3 is 2.84 bits per heavy atom. The minimum Gasteiger partial charge on any atom is -0.326 e. The molecule has 2 aliphatic rings. The van der Waals surface area contributed by atoms with E-state index in [1.165, 1.54) is 12.8 Å². The lowest BCUT2D eigenvalue weighted by molar-refractivity contribution is -0.115. The van der Waals surface area contributed by atoms with Gasteiger partial charge in [-0.25, -0.2) is 4.98 Å². The topological polar surface area (TPSA) is 74.8 Å². The maximum Gasteiger partial charge on any atom is 0.255 e. The summed E-state index contributed by atoms with van der Waals surface area (Å²) >= 11 is 7.54. The average Bonchev–Trinajstić information content (AvgIpc) is 2.95. The Bertz CT molecular complexity index is 866. The summed E-state index contributed by atoms with van der Waals surface area (Å²) in [5, 5.41) is 4.68. The molecule has 2 N–H and O–H groups in total. The van der Waals surface area contributed by atoms with Gasteiger partial charge in [-0.1, -0.05) is 24.4 Å². The summed E-state index contributed by atoms with van der Waals surface area (Å²) in [5.41, 5.74) is 1.41. The van der Waals surface area contributed by atoms with Crippen molar-refractivity contribution in [2.75, 3.05) is 5.32 Å². The number of fused-ring (bicyclic) bond motifs is 3. The summed E-state index contributed by atoms with van der Waals surface area (Å²) < 4.78 is 0. The fourth-order valence-electron chi connectivity index (χ4n) is 3.61. The molecule has 0 bridgehead atoms. The van der Waals surface area contributed by atoms with Crippen LogP contribution in [-0.4, -0.2) is 21.1 Å². The number of carbonyl (C=O) groups is 1. The number of rotatable bonds is 3. The van der Waals surface area contributed by atoms with E-state index in [4.69, 9.17) is 11.6 Å². The van der Waals surface area contributed by atoms with Crippen molar-refractivity contribution in [3.63, 3.8) is 0 Å². The van der Waals surface area contributed by atoms with Crippen LogP contribution in [0.4, 0.5) is 5.69 Å². The number of thioether (sulfide) groups is 1. The van der Waals surface area contributed by atoms with Crippen molar-refractivity contribution >= 4 is 35.0 Å². The standard InChI is InChI=1S/C18H18ClN3O2S/c19-10-5-7-11(8-6-10)20-15(23)9-14-21-17(24)16-12-3-1-2-4-13(12)25-18(16)22-14/h5-8,12-13H,1-4,9H2,(H,20,23)(H,21,22,24)/t12-,13+/m1/s1. The molecule has 25 heavy (non-hydrogen) atoms. The molecule has 2 atom stereocenters. The van der Waals surface area contributed by atoms with Crippen molar-refractivity contribution in [3.05, 3.63) is 51.0 Å². The Hall–Kier alpha value is -1.79. The van der Waals surface area contributed by atoms with Gasteiger partial charge in [0.1, 0.15) is 10.9 Å². The van der Waals surface area contributed by atoms with Crippen molar-refractivity contribution < 1.29 is 4.79 Å². The minimum absolute atomic E-state index is 0.0427. The Labute approximate surface area is 154 Å². The van der Waals surface area contributed by atoms with Gasteiger partial charge in [0.25, 0.3) is 5.56 Å². The van der Waals surface area contributed by atoms with Crippen molar-refractivity contribution in [2.45, 2.75) is 48.3 Å². The molecule has 1 aliphatic heterocycles. The van der Waals surface area contributed by atoms with Gasteiger partial charge in [-0.05, 0) is 37.1 Å². The highest BCUT2D eigenvalue weighted by Crippen LogP contribution is 2.49. The molecule has 7 heteroatoms. The molecule has 2 aromatic rings. The number of benzene rings is 1. The molecule has 1 fully saturated rings. The molecule has 0 spiro atoms. The third-order valence-corrected chi connectivity index (χ3v) is 6.42. The van der Waals surface area contributed by atoms with E-state index >= 15 is 0 Å². The van der Waals surface area contributed by atoms with Crippen LogP contribution >= 0.6 is 23.4 Å². The number of aromatic nitrogens is 2. The van der Waals surface area contributed by atoms with Crippen LogP contribution in [-0.2, 0) is 11.2 Å². The maximum atomic E-state index is 12.5. The van der Waals surface area contributed by atoms with E-state index in [0.717, 1.165) is 23.4 Å². The highest BCUT2D eigenvalue weighted by atomic mass is 35.5. The number of hydrogen-bond donors (Lipinski definition) is 2. The van der Waals surface area contributed by atoms with Gasteiger partial charge in [-0.3, -0.25) is 9.59 Å². The van der Waals surface area contributed by atoms with Gasteiger partial charge < -0.3 is 10.3 Å². The zero-order valence-corrected chi connectivity index (χ0v) is 15.1. The largest absolute Gasteiger partial charge is 0.326 e. The van der Waals surface area contributed by atoms with Gasteiger partial charge in [-0.2, -0.15) is 0 Å². The van der Waals surface area contributed by atoms with Crippen LogP contribution in [0, 0.1) is 0 Å². The molecule has 4 rings (SSSR count). The molecular weight excluding hydrogens is 358 g/mol. The van der Waals surface area contributed by atoms with Crippen LogP contribution < -0.4 is 10.9 Å². The van der Waals surface area contributed by atoms with E-state index in [1.807, 2.05) is 0 Å². The smallest absolute Gasteiger partial charge is 0.255 e. The SMILES string of the molecule is O=C(Cc1nc2c(c(=O)[nH]1)[C@@H]1CCCC[C@@H]1S2)Nc1ccc(Cl)cc1. The molecule has 1 amide bonds. The summed E-state index contributed by atoms with van der Waals surface area (Å²) in [4.78, 5) is 32.1. The predicted molar refractivity (Wildman–Crippen MR) is 99.5 cm³/mol. The van der Waals surface area contributed by atoms with Crippen molar-refractivity contribution in [1.82, 2.24) is 9.97 Å². The van der Waals surface area contributed by atoms with Gasteiger partial charge in [0.2, 0.25) is 5.91 Å². The van der Waals surface area contributed by atoms with Crippen LogP contribution in [0.2, 0.25) is 5.02 Å². The Morgan fingerprint density at radius 2 is 2.04 bits per heavy atom. The maximum absolute atomic E-state index is 12.5. The third kappa shape index (κ3) is 3.46. The molecular formula is C18H18ClN3O2S. The second-order valence-corrected chi connectivity index (χ2v) is 8.17. The zero-order chi connectivity index (χ0) is 17.4. The molecule has 5 nitrogen and oxygen atoms in total. The fraction of sp³-hybridized carbons (Fsp3) is 0.389. The lowest BCUT2D eigenvalue weighted by Gasteiger charge is -2.23. The van der Waals surface area contributed by atoms with Crippen LogP contribution in [0.1, 0.15) is 43.0 Å². The van der Waals surface area contributed by atoms with Gasteiger partial charge in [0.15, 0.2) is 0 Å². The zero-order valence-electron chi connectivity index (χ0n) is 13.5. The fourth-order valence-corrected chi connectivity index (χ4v) is 5.28. The number of nitrogens with zero attached hydrogens (tertiary/aromatic N) is 1. The summed E-state index contributed by atoms with van der Waals surface area (Å²) in [6.07, 6.45) is 4.63. The van der Waals surface area contributed by atoms with Crippen molar-refractivity contribution in [2.24, 2.45) is 0 Å². The number of nitrogens with one attached hydrogen (secondary N) is 2. The Balaban J connectivity index is 1.50.